The van der Waals surface area contributed by atoms with Gasteiger partial charge in [0.1, 0.15) is 0 Å². The molecule has 0 aliphatic carbocycles. The topological polar surface area (TPSA) is 82.4 Å². The molecule has 0 radical (unpaired) electrons. The van der Waals surface area contributed by atoms with Crippen LogP contribution in [0.25, 0.3) is 5.69 Å². The van der Waals surface area contributed by atoms with Crippen LogP contribution in [0.3, 0.4) is 0 Å². The first-order valence-corrected chi connectivity index (χ1v) is 10.00. The van der Waals surface area contributed by atoms with Crippen molar-refractivity contribution < 1.29 is 4.79 Å². The average molecular weight is 384 g/mol. The number of carbonyl (C=O) groups is 1. The van der Waals surface area contributed by atoms with Crippen LogP contribution in [-0.4, -0.2) is 87.4 Å². The molecule has 2 fully saturated rings. The minimum absolute atomic E-state index is 0.0397. The van der Waals surface area contributed by atoms with Gasteiger partial charge in [0, 0.05) is 51.4 Å². The Morgan fingerprint density at radius 3 is 2.54 bits per heavy atom. The van der Waals surface area contributed by atoms with Gasteiger partial charge in [-0.25, -0.2) is 4.79 Å². The molecule has 2 saturated heterocycles. The van der Waals surface area contributed by atoms with Crippen molar-refractivity contribution in [2.45, 2.75) is 32.4 Å². The van der Waals surface area contributed by atoms with Crippen LogP contribution in [0.5, 0.6) is 0 Å². The first-order valence-electron chi connectivity index (χ1n) is 10.00. The normalized spacial score (nSPS) is 20.8. The number of nitrogens with zero attached hydrogens (tertiary/aromatic N) is 7. The van der Waals surface area contributed by atoms with Gasteiger partial charge in [-0.3, -0.25) is 4.90 Å². The Hall–Kier alpha value is -2.68. The number of piperazine rings is 1. The van der Waals surface area contributed by atoms with E-state index in [0.717, 1.165) is 31.1 Å². The number of carbonyl (C=O) groups excluding carboxylic acids is 1. The maximum atomic E-state index is 12.6. The Bertz CT molecular complexity index is 784. The molecule has 2 aromatic rings. The van der Waals surface area contributed by atoms with Gasteiger partial charge >= 0.3 is 6.03 Å². The smallest absolute Gasteiger partial charge is 0.317 e. The Morgan fingerprint density at radius 1 is 1.11 bits per heavy atom. The summed E-state index contributed by atoms with van der Waals surface area (Å²) in [6, 6.07) is 10.7. The summed E-state index contributed by atoms with van der Waals surface area (Å²) in [5, 5.41) is 15.4. The highest BCUT2D eigenvalue weighted by atomic mass is 16.2. The van der Waals surface area contributed by atoms with Crippen LogP contribution in [0.2, 0.25) is 0 Å². The summed E-state index contributed by atoms with van der Waals surface area (Å²) < 4.78 is 1.74. The molecule has 150 valence electrons. The van der Waals surface area contributed by atoms with E-state index in [1.807, 2.05) is 35.2 Å². The van der Waals surface area contributed by atoms with Crippen molar-refractivity contribution in [2.24, 2.45) is 0 Å². The van der Waals surface area contributed by atoms with Gasteiger partial charge in [0.25, 0.3) is 0 Å². The maximum absolute atomic E-state index is 12.6. The third kappa shape index (κ3) is 3.94. The number of amides is 2. The van der Waals surface area contributed by atoms with Gasteiger partial charge in [0.2, 0.25) is 5.95 Å². The number of likely N-dealkylation sites (tertiary alicyclic amines) is 1. The molecule has 1 N–H and O–H groups in total. The summed E-state index contributed by atoms with van der Waals surface area (Å²) in [4.78, 5) is 19.1. The van der Waals surface area contributed by atoms with E-state index in [0.29, 0.717) is 32.2 Å². The molecule has 4 rings (SSSR count). The zero-order chi connectivity index (χ0) is 19.5. The molecule has 0 saturated carbocycles. The van der Waals surface area contributed by atoms with E-state index in [2.05, 4.69) is 44.5 Å². The van der Waals surface area contributed by atoms with Gasteiger partial charge in [-0.1, -0.05) is 23.3 Å². The van der Waals surface area contributed by atoms with Crippen molar-refractivity contribution in [2.75, 3.05) is 44.2 Å². The summed E-state index contributed by atoms with van der Waals surface area (Å²) in [5.41, 5.74) is 0.929. The molecule has 9 nitrogen and oxygen atoms in total. The van der Waals surface area contributed by atoms with Gasteiger partial charge in [-0.2, -0.15) is 4.68 Å². The van der Waals surface area contributed by atoms with Gasteiger partial charge in [0.05, 0.1) is 5.69 Å². The minimum Gasteiger partial charge on any atom is -0.336 e. The highest BCUT2D eigenvalue weighted by Crippen LogP contribution is 2.17. The number of rotatable bonds is 4. The Morgan fingerprint density at radius 2 is 1.86 bits per heavy atom. The molecule has 9 heteroatoms. The first kappa shape index (κ1) is 18.7. The highest BCUT2D eigenvalue weighted by molar-refractivity contribution is 5.75. The molecule has 0 bridgehead atoms. The van der Waals surface area contributed by atoms with Crippen LogP contribution < -0.4 is 10.2 Å². The quantitative estimate of drug-likeness (QED) is 0.846. The van der Waals surface area contributed by atoms with Crippen LogP contribution in [0.4, 0.5) is 10.7 Å². The van der Waals surface area contributed by atoms with E-state index in [1.165, 1.54) is 0 Å². The lowest BCUT2D eigenvalue weighted by Crippen LogP contribution is -2.54. The molecule has 28 heavy (non-hydrogen) atoms. The number of para-hydroxylation sites is 1. The SMILES string of the molecule is CC(C)N1CCC(NC(=O)N2CCN(c3nnnn3-c3ccccc3)CC2)C1. The Balaban J connectivity index is 1.32. The average Bonchev–Trinajstić information content (AvgIpc) is 3.38. The standard InChI is InChI=1S/C19H28N8O/c1-15(2)26-9-8-16(14-26)20-19(28)25-12-10-24(11-13-25)18-21-22-23-27(18)17-6-4-3-5-7-17/h3-7,15-16H,8-14H2,1-2H3,(H,20,28). The first-order chi connectivity index (χ1) is 13.6. The molecule has 2 aliphatic rings. The van der Waals surface area contributed by atoms with E-state index in [9.17, 15) is 4.79 Å². The summed E-state index contributed by atoms with van der Waals surface area (Å²) in [5.74, 6) is 0.717. The largest absolute Gasteiger partial charge is 0.336 e. The lowest BCUT2D eigenvalue weighted by atomic mass is 10.2. The fraction of sp³-hybridized carbons (Fsp3) is 0.579. The summed E-state index contributed by atoms with van der Waals surface area (Å²) in [6.07, 6.45) is 1.02. The molecule has 2 amide bonds. The van der Waals surface area contributed by atoms with Crippen molar-refractivity contribution in [3.8, 4) is 5.69 Å². The van der Waals surface area contributed by atoms with Crippen molar-refractivity contribution in [1.29, 1.82) is 0 Å². The number of tetrazole rings is 1. The maximum Gasteiger partial charge on any atom is 0.317 e. The molecule has 1 aromatic carbocycles. The van der Waals surface area contributed by atoms with Gasteiger partial charge < -0.3 is 15.1 Å². The van der Waals surface area contributed by atoms with E-state index >= 15 is 0 Å². The second-order valence-electron chi connectivity index (χ2n) is 7.72. The molecular weight excluding hydrogens is 356 g/mol. The van der Waals surface area contributed by atoms with Gasteiger partial charge in [-0.15, -0.1) is 0 Å². The second-order valence-corrected chi connectivity index (χ2v) is 7.72. The second kappa shape index (κ2) is 8.14. The fourth-order valence-electron chi connectivity index (χ4n) is 3.87. The number of aromatic nitrogens is 4. The Labute approximate surface area is 165 Å². The van der Waals surface area contributed by atoms with E-state index < -0.39 is 0 Å². The van der Waals surface area contributed by atoms with Gasteiger partial charge in [-0.05, 0) is 42.8 Å². The number of urea groups is 1. The minimum atomic E-state index is 0.0397. The summed E-state index contributed by atoms with van der Waals surface area (Å²) in [6.45, 7) is 9.14. The van der Waals surface area contributed by atoms with Crippen LogP contribution >= 0.6 is 0 Å². The zero-order valence-electron chi connectivity index (χ0n) is 16.5. The van der Waals surface area contributed by atoms with Crippen LogP contribution in [0.1, 0.15) is 20.3 Å². The number of hydrogen-bond donors (Lipinski definition) is 1. The molecule has 0 spiro atoms. The number of nitrogens with one attached hydrogen (secondary N) is 1. The zero-order valence-corrected chi connectivity index (χ0v) is 16.5. The summed E-state index contributed by atoms with van der Waals surface area (Å²) >= 11 is 0. The predicted octanol–water partition coefficient (Wildman–Crippen LogP) is 0.977. The molecule has 1 atom stereocenters. The van der Waals surface area contributed by atoms with Gasteiger partial charge in [0.15, 0.2) is 0 Å². The fourth-order valence-corrected chi connectivity index (χ4v) is 3.87. The number of hydrogen-bond acceptors (Lipinski definition) is 6. The van der Waals surface area contributed by atoms with Crippen molar-refractivity contribution >= 4 is 12.0 Å². The van der Waals surface area contributed by atoms with E-state index in [1.54, 1.807) is 4.68 Å². The monoisotopic (exact) mass is 384 g/mol. The third-order valence-corrected chi connectivity index (χ3v) is 5.58. The molecular formula is C19H28N8O. The lowest BCUT2D eigenvalue weighted by Gasteiger charge is -2.35. The summed E-state index contributed by atoms with van der Waals surface area (Å²) in [7, 11) is 0. The lowest BCUT2D eigenvalue weighted by molar-refractivity contribution is 0.189. The van der Waals surface area contributed by atoms with Crippen molar-refractivity contribution in [3.05, 3.63) is 30.3 Å². The molecule has 1 unspecified atom stereocenters. The van der Waals surface area contributed by atoms with Crippen LogP contribution in [-0.2, 0) is 0 Å². The highest BCUT2D eigenvalue weighted by Gasteiger charge is 2.29. The Kier molecular flexibility index (Phi) is 5.43. The predicted molar refractivity (Wildman–Crippen MR) is 107 cm³/mol. The molecule has 2 aliphatic heterocycles. The van der Waals surface area contributed by atoms with E-state index in [-0.39, 0.29) is 12.1 Å². The van der Waals surface area contributed by atoms with Crippen molar-refractivity contribution in [1.82, 2.24) is 35.3 Å². The number of benzene rings is 1. The van der Waals surface area contributed by atoms with E-state index in [4.69, 9.17) is 0 Å². The van der Waals surface area contributed by atoms with Crippen LogP contribution in [0.15, 0.2) is 30.3 Å². The van der Waals surface area contributed by atoms with Crippen molar-refractivity contribution in [3.63, 3.8) is 0 Å². The third-order valence-electron chi connectivity index (χ3n) is 5.58. The number of anilines is 1. The molecule has 3 heterocycles. The van der Waals surface area contributed by atoms with Crippen LogP contribution in [0, 0.1) is 0 Å². The molecule has 1 aromatic heterocycles.